The molecule has 0 amide bonds. The molecule has 0 aromatic heterocycles. The van der Waals surface area contributed by atoms with Gasteiger partial charge in [0.2, 0.25) is 0 Å². The molecule has 2 atom stereocenters. The molecule has 2 heterocycles. The van der Waals surface area contributed by atoms with Crippen molar-refractivity contribution < 1.29 is 48.3 Å². The van der Waals surface area contributed by atoms with Crippen LogP contribution in [0.5, 0.6) is 23.0 Å². The van der Waals surface area contributed by atoms with E-state index in [4.69, 9.17) is 21.1 Å². The van der Waals surface area contributed by atoms with Gasteiger partial charge in [0.25, 0.3) is 0 Å². The van der Waals surface area contributed by atoms with Crippen molar-refractivity contribution in [1.29, 1.82) is 0 Å². The number of phenolic OH excluding ortho intramolecular Hbond substituents is 2. The van der Waals surface area contributed by atoms with Crippen LogP contribution < -0.4 is 9.47 Å². The Morgan fingerprint density at radius 3 is 2.06 bits per heavy atom. The number of methoxy groups -OCH3 is 2. The minimum absolute atomic E-state index is 0.0721. The average Bonchev–Trinajstić information content (AvgIpc) is 3.47. The lowest BCUT2D eigenvalue weighted by atomic mass is 10.1. The number of ether oxygens (including phenoxy) is 4. The number of carbonyl (C=O) groups is 4. The van der Waals surface area contributed by atoms with Crippen LogP contribution >= 0.6 is 11.6 Å². The minimum Gasteiger partial charge on any atom is -0.507 e. The number of phenols is 2. The maximum absolute atomic E-state index is 11.3. The fourth-order valence-electron chi connectivity index (χ4n) is 3.42. The number of hydrogen-bond acceptors (Lipinski definition) is 10. The van der Waals surface area contributed by atoms with E-state index in [1.54, 1.807) is 6.07 Å². The van der Waals surface area contributed by atoms with E-state index in [-0.39, 0.29) is 46.2 Å². The molecule has 2 aromatic carbocycles. The van der Waals surface area contributed by atoms with Crippen molar-refractivity contribution in [2.24, 2.45) is 0 Å². The Hall–Kier alpha value is -3.79. The maximum atomic E-state index is 11.3. The van der Waals surface area contributed by atoms with Crippen molar-refractivity contribution in [3.8, 4) is 23.0 Å². The zero-order chi connectivity index (χ0) is 24.3. The molecular formula is C22H19ClO10. The summed E-state index contributed by atoms with van der Waals surface area (Å²) < 4.78 is 19.7. The molecule has 4 rings (SSSR count). The topological polar surface area (TPSA) is 146 Å². The third kappa shape index (κ3) is 4.56. The molecule has 0 spiro atoms. The summed E-state index contributed by atoms with van der Waals surface area (Å²) in [6.45, 7) is 0. The summed E-state index contributed by atoms with van der Waals surface area (Å²) in [4.78, 5) is 43.9. The molecule has 33 heavy (non-hydrogen) atoms. The standard InChI is InChI=1S/C11H9ClO5.C11H10O5/c1-16-11(15)8-3-6-9(14)5(4-13)2-7(12)10(6)17-8;1-15-11(14)9-4-7-8(16-9)3-2-6(5-12)10(7)13/h2,4,8,14H,3H2,1H3;2-3,5,9,13H,4H2,1H3. The second kappa shape index (κ2) is 9.78. The van der Waals surface area contributed by atoms with Gasteiger partial charge in [0, 0.05) is 24.0 Å². The number of aldehydes is 2. The van der Waals surface area contributed by atoms with Crippen molar-refractivity contribution in [1.82, 2.24) is 0 Å². The number of halogens is 1. The lowest BCUT2D eigenvalue weighted by Gasteiger charge is -2.08. The number of fused-ring (bicyclic) bond motifs is 2. The Bertz CT molecular complexity index is 1130. The highest BCUT2D eigenvalue weighted by molar-refractivity contribution is 6.32. The predicted molar refractivity (Wildman–Crippen MR) is 112 cm³/mol. The fourth-order valence-corrected chi connectivity index (χ4v) is 3.69. The van der Waals surface area contributed by atoms with Gasteiger partial charge < -0.3 is 29.2 Å². The monoisotopic (exact) mass is 478 g/mol. The summed E-state index contributed by atoms with van der Waals surface area (Å²) in [7, 11) is 2.51. The van der Waals surface area contributed by atoms with Crippen LogP contribution in [0.1, 0.15) is 31.8 Å². The van der Waals surface area contributed by atoms with Gasteiger partial charge in [-0.15, -0.1) is 0 Å². The maximum Gasteiger partial charge on any atom is 0.347 e. The van der Waals surface area contributed by atoms with Crippen molar-refractivity contribution in [3.63, 3.8) is 0 Å². The van der Waals surface area contributed by atoms with Crippen molar-refractivity contribution in [3.05, 3.63) is 45.5 Å². The van der Waals surface area contributed by atoms with Crippen LogP contribution in [0.4, 0.5) is 0 Å². The van der Waals surface area contributed by atoms with Gasteiger partial charge in [-0.2, -0.15) is 0 Å². The van der Waals surface area contributed by atoms with E-state index in [2.05, 4.69) is 9.47 Å². The largest absolute Gasteiger partial charge is 0.507 e. The number of aromatic hydroxyl groups is 2. The first-order valence-electron chi connectivity index (χ1n) is 9.54. The van der Waals surface area contributed by atoms with Gasteiger partial charge in [-0.25, -0.2) is 9.59 Å². The molecule has 10 nitrogen and oxygen atoms in total. The van der Waals surface area contributed by atoms with Gasteiger partial charge in [0.05, 0.1) is 30.4 Å². The Labute approximate surface area is 192 Å². The molecule has 0 aliphatic carbocycles. The lowest BCUT2D eigenvalue weighted by Crippen LogP contribution is -2.26. The molecule has 2 unspecified atom stereocenters. The number of carbonyl (C=O) groups excluding carboxylic acids is 4. The molecule has 2 aliphatic rings. The van der Waals surface area contributed by atoms with E-state index in [1.165, 1.54) is 26.4 Å². The third-order valence-corrected chi connectivity index (χ3v) is 5.37. The molecule has 0 bridgehead atoms. The normalized spacial score (nSPS) is 17.3. The molecule has 174 valence electrons. The molecule has 0 saturated heterocycles. The first kappa shape index (κ1) is 23.9. The molecule has 2 N–H and O–H groups in total. The van der Waals surface area contributed by atoms with Crippen molar-refractivity contribution in [2.75, 3.05) is 14.2 Å². The molecule has 2 aromatic rings. The van der Waals surface area contributed by atoms with Gasteiger partial charge in [-0.05, 0) is 18.2 Å². The Balaban J connectivity index is 0.000000186. The second-order valence-corrected chi connectivity index (χ2v) is 7.39. The van der Waals surface area contributed by atoms with E-state index < -0.39 is 24.1 Å². The summed E-state index contributed by atoms with van der Waals surface area (Å²) in [6.07, 6.45) is -0.174. The summed E-state index contributed by atoms with van der Waals surface area (Å²) in [5.74, 6) is -0.735. The van der Waals surface area contributed by atoms with Crippen molar-refractivity contribution in [2.45, 2.75) is 25.0 Å². The smallest absolute Gasteiger partial charge is 0.347 e. The zero-order valence-corrected chi connectivity index (χ0v) is 18.2. The minimum atomic E-state index is -0.833. The molecule has 0 radical (unpaired) electrons. The second-order valence-electron chi connectivity index (χ2n) is 6.99. The van der Waals surface area contributed by atoms with E-state index >= 15 is 0 Å². The zero-order valence-electron chi connectivity index (χ0n) is 17.5. The van der Waals surface area contributed by atoms with Gasteiger partial charge in [0.15, 0.2) is 24.8 Å². The number of rotatable bonds is 4. The summed E-state index contributed by atoms with van der Waals surface area (Å²) in [5.41, 5.74) is 1.09. The number of esters is 2. The first-order valence-corrected chi connectivity index (χ1v) is 9.91. The third-order valence-electron chi connectivity index (χ3n) is 5.09. The van der Waals surface area contributed by atoms with Crippen LogP contribution in [0.2, 0.25) is 5.02 Å². The van der Waals surface area contributed by atoms with Crippen LogP contribution in [-0.4, -0.2) is 61.2 Å². The SMILES string of the molecule is COC(=O)C1Cc2c(O)c(C=O)cc(Cl)c2O1.COC(=O)C1Cc2c(ccc(C=O)c2O)O1. The van der Waals surface area contributed by atoms with E-state index in [0.717, 1.165) is 0 Å². The van der Waals surface area contributed by atoms with Gasteiger partial charge in [-0.3, -0.25) is 9.59 Å². The van der Waals surface area contributed by atoms with E-state index in [1.807, 2.05) is 0 Å². The Morgan fingerprint density at radius 1 is 0.939 bits per heavy atom. The predicted octanol–water partition coefficient (Wildman–Crippen LogP) is 2.02. The summed E-state index contributed by atoms with van der Waals surface area (Å²) in [5, 5.41) is 19.7. The van der Waals surface area contributed by atoms with Gasteiger partial charge in [0.1, 0.15) is 23.0 Å². The molecular weight excluding hydrogens is 460 g/mol. The van der Waals surface area contributed by atoms with Crippen LogP contribution in [0.25, 0.3) is 0 Å². The van der Waals surface area contributed by atoms with Gasteiger partial charge in [-0.1, -0.05) is 11.6 Å². The molecule has 11 heteroatoms. The van der Waals surface area contributed by atoms with Crippen LogP contribution in [-0.2, 0) is 31.9 Å². The lowest BCUT2D eigenvalue weighted by molar-refractivity contribution is -0.148. The quantitative estimate of drug-likeness (QED) is 0.494. The summed E-state index contributed by atoms with van der Waals surface area (Å²) in [6, 6.07) is 4.30. The van der Waals surface area contributed by atoms with Crippen molar-refractivity contribution >= 4 is 36.1 Å². The van der Waals surface area contributed by atoms with Gasteiger partial charge >= 0.3 is 11.9 Å². The summed E-state index contributed by atoms with van der Waals surface area (Å²) >= 11 is 5.89. The average molecular weight is 479 g/mol. The van der Waals surface area contributed by atoms with E-state index in [0.29, 0.717) is 29.4 Å². The van der Waals surface area contributed by atoms with E-state index in [9.17, 15) is 29.4 Å². The Morgan fingerprint density at radius 2 is 1.48 bits per heavy atom. The Kier molecular flexibility index (Phi) is 7.07. The van der Waals surface area contributed by atoms with Crippen LogP contribution in [0.15, 0.2) is 18.2 Å². The first-order chi connectivity index (χ1) is 15.7. The van der Waals surface area contributed by atoms with Crippen LogP contribution in [0, 0.1) is 0 Å². The fraction of sp³-hybridized carbons (Fsp3) is 0.273. The highest BCUT2D eigenvalue weighted by Gasteiger charge is 2.35. The molecule has 0 saturated carbocycles. The highest BCUT2D eigenvalue weighted by atomic mass is 35.5. The number of benzene rings is 2. The van der Waals surface area contributed by atoms with Crippen LogP contribution in [0.3, 0.4) is 0 Å². The molecule has 0 fully saturated rings. The number of hydrogen-bond donors (Lipinski definition) is 2. The molecule has 2 aliphatic heterocycles. The highest BCUT2D eigenvalue weighted by Crippen LogP contribution is 2.43.